The second-order valence-electron chi connectivity index (χ2n) is 7.41. The Morgan fingerprint density at radius 3 is 2.03 bits per heavy atom. The van der Waals surface area contributed by atoms with E-state index in [1.807, 2.05) is 0 Å². The first-order chi connectivity index (χ1) is 13.0. The van der Waals surface area contributed by atoms with Crippen molar-refractivity contribution in [1.82, 2.24) is 4.57 Å². The molecule has 1 nitrogen and oxygen atoms in total. The fourth-order valence-corrected chi connectivity index (χ4v) is 3.75. The molecule has 0 aliphatic heterocycles. The fourth-order valence-electron chi connectivity index (χ4n) is 3.75. The van der Waals surface area contributed by atoms with Gasteiger partial charge in [-0.1, -0.05) is 38.1 Å². The van der Waals surface area contributed by atoms with Crippen molar-refractivity contribution in [2.24, 2.45) is 0 Å². The number of nitrogens with zero attached hydrogens (tertiary/aromatic N) is 1. The molecule has 0 bridgehead atoms. The molecule has 1 heterocycles. The average Bonchev–Trinajstić information content (AvgIpc) is 3.32. The van der Waals surface area contributed by atoms with E-state index in [1.54, 1.807) is 0 Å². The number of hydrogen-bond acceptors (Lipinski definition) is 0. The van der Waals surface area contributed by atoms with Gasteiger partial charge in [0.1, 0.15) is 0 Å². The quantitative estimate of drug-likeness (QED) is 0.229. The Kier molecular flexibility index (Phi) is 9.94. The van der Waals surface area contributed by atoms with Gasteiger partial charge in [0.05, 0.1) is 5.52 Å². The van der Waals surface area contributed by atoms with Gasteiger partial charge in [-0.2, -0.15) is 11.1 Å². The van der Waals surface area contributed by atoms with Crippen molar-refractivity contribution in [3.8, 4) is 5.69 Å². The normalized spacial score (nSPS) is 12.5. The van der Waals surface area contributed by atoms with Crippen molar-refractivity contribution in [2.75, 3.05) is 0 Å². The van der Waals surface area contributed by atoms with Gasteiger partial charge in [0.2, 0.25) is 0 Å². The number of halogens is 2. The van der Waals surface area contributed by atoms with Gasteiger partial charge in [-0.3, -0.25) is 6.08 Å². The summed E-state index contributed by atoms with van der Waals surface area (Å²) in [7, 11) is 0. The Labute approximate surface area is 210 Å². The van der Waals surface area contributed by atoms with Gasteiger partial charge in [-0.25, -0.2) is 5.57 Å². The molecule has 1 aliphatic carbocycles. The third-order valence-corrected chi connectivity index (χ3v) is 5.58. The van der Waals surface area contributed by atoms with Gasteiger partial charge in [-0.05, 0) is 24.7 Å². The molecule has 3 aromatic carbocycles. The zero-order valence-corrected chi connectivity index (χ0v) is 22.9. The second-order valence-corrected chi connectivity index (χ2v) is 7.41. The maximum atomic E-state index is 3.26. The first-order valence-corrected chi connectivity index (χ1v) is 9.51. The fraction of sp³-hybridized carbons (Fsp3) is 0.192. The molecule has 0 amide bonds. The SMILES string of the molecule is CC1=[C-]CC(C)=C1C.Cc1cc2ccccc2n1-c1cc2ccccc2[cH-]1.[Cl-].[Cl-].[Hf+4]. The Morgan fingerprint density at radius 1 is 0.833 bits per heavy atom. The Bertz CT molecular complexity index is 1160. The first kappa shape index (κ1) is 26.6. The molecule has 152 valence electrons. The molecule has 1 aromatic heterocycles. The van der Waals surface area contributed by atoms with E-state index in [9.17, 15) is 0 Å². The van der Waals surface area contributed by atoms with Gasteiger partial charge in [0.25, 0.3) is 0 Å². The number of allylic oxidation sites excluding steroid dienone is 4. The summed E-state index contributed by atoms with van der Waals surface area (Å²) in [5, 5.41) is 3.90. The van der Waals surface area contributed by atoms with Crippen LogP contribution in [0, 0.1) is 13.0 Å². The van der Waals surface area contributed by atoms with Crippen LogP contribution in [0.4, 0.5) is 0 Å². The van der Waals surface area contributed by atoms with E-state index in [2.05, 4.69) is 105 Å². The maximum Gasteiger partial charge on any atom is 4.00 e. The average molecular weight is 601 g/mol. The topological polar surface area (TPSA) is 4.93 Å². The molecule has 0 saturated carbocycles. The van der Waals surface area contributed by atoms with Crippen LogP contribution in [0.5, 0.6) is 0 Å². The number of fused-ring (bicyclic) bond motifs is 2. The number of rotatable bonds is 1. The third-order valence-electron chi connectivity index (χ3n) is 5.58. The van der Waals surface area contributed by atoms with Crippen LogP contribution in [-0.2, 0) is 25.8 Å². The maximum absolute atomic E-state index is 3.26. The summed E-state index contributed by atoms with van der Waals surface area (Å²) in [6.45, 7) is 8.60. The van der Waals surface area contributed by atoms with Crippen LogP contribution >= 0.6 is 0 Å². The summed E-state index contributed by atoms with van der Waals surface area (Å²) in [5.41, 5.74) is 8.04. The van der Waals surface area contributed by atoms with E-state index >= 15 is 0 Å². The summed E-state index contributed by atoms with van der Waals surface area (Å²) in [6.07, 6.45) is 4.31. The minimum absolute atomic E-state index is 0. The summed E-state index contributed by atoms with van der Waals surface area (Å²) in [6, 6.07) is 23.8. The Balaban J connectivity index is 0.000000355. The Hall–Kier alpha value is -1.48. The molecule has 0 fully saturated rings. The second kappa shape index (κ2) is 11.2. The van der Waals surface area contributed by atoms with E-state index in [0.29, 0.717) is 0 Å². The van der Waals surface area contributed by atoms with Crippen molar-refractivity contribution >= 4 is 21.7 Å². The van der Waals surface area contributed by atoms with Crippen molar-refractivity contribution in [1.29, 1.82) is 0 Å². The number of para-hydroxylation sites is 1. The zero-order chi connectivity index (χ0) is 19.0. The monoisotopic (exact) mass is 601 g/mol. The van der Waals surface area contributed by atoms with Crippen LogP contribution in [0.15, 0.2) is 83.4 Å². The van der Waals surface area contributed by atoms with Gasteiger partial charge in [0, 0.05) is 11.1 Å². The van der Waals surface area contributed by atoms with Crippen molar-refractivity contribution in [2.45, 2.75) is 34.1 Å². The number of hydrogen-bond donors (Lipinski definition) is 0. The van der Waals surface area contributed by atoms with E-state index in [4.69, 9.17) is 0 Å². The van der Waals surface area contributed by atoms with Crippen LogP contribution in [0.3, 0.4) is 0 Å². The zero-order valence-electron chi connectivity index (χ0n) is 17.8. The molecule has 4 heteroatoms. The van der Waals surface area contributed by atoms with Crippen molar-refractivity contribution < 1.29 is 50.7 Å². The standard InChI is InChI=1S/C18H14N.C8H11.2ClH.Hf/c1-13-10-16-8-4-5-9-18(16)19(13)17-11-14-6-2-3-7-15(14)12-17;1-6-4-5-7(2)8(6)3;;;/h2-12H,1H3;4H2,1-3H3;2*1H;/q2*-1;;;+4/p-2. The Morgan fingerprint density at radius 2 is 1.47 bits per heavy atom. The summed E-state index contributed by atoms with van der Waals surface area (Å²) in [5.74, 6) is 0. The van der Waals surface area contributed by atoms with Gasteiger partial charge in [0.15, 0.2) is 0 Å². The predicted molar refractivity (Wildman–Crippen MR) is 117 cm³/mol. The first-order valence-electron chi connectivity index (χ1n) is 9.51. The molecular formula is C26H25Cl2HfN. The smallest absolute Gasteiger partial charge is 1.00 e. The summed E-state index contributed by atoms with van der Waals surface area (Å²) in [4.78, 5) is 0. The number of benzene rings is 2. The number of aryl methyl sites for hydroxylation is 1. The molecule has 5 rings (SSSR count). The molecule has 0 spiro atoms. The molecule has 1 aliphatic rings. The molecule has 30 heavy (non-hydrogen) atoms. The van der Waals surface area contributed by atoms with Gasteiger partial charge < -0.3 is 29.4 Å². The van der Waals surface area contributed by atoms with Gasteiger partial charge >= 0.3 is 25.8 Å². The van der Waals surface area contributed by atoms with E-state index in [0.717, 1.165) is 6.42 Å². The predicted octanol–water partition coefficient (Wildman–Crippen LogP) is 1.29. The van der Waals surface area contributed by atoms with Crippen LogP contribution in [0.25, 0.3) is 27.4 Å². The largest absolute Gasteiger partial charge is 4.00 e. The molecule has 0 radical (unpaired) electrons. The third kappa shape index (κ3) is 5.22. The van der Waals surface area contributed by atoms with Crippen molar-refractivity contribution in [3.05, 3.63) is 95.2 Å². The van der Waals surface area contributed by atoms with Crippen LogP contribution in [-0.4, -0.2) is 4.57 Å². The molecule has 0 unspecified atom stereocenters. The van der Waals surface area contributed by atoms with Crippen LogP contribution in [0.1, 0.15) is 32.9 Å². The minimum Gasteiger partial charge on any atom is -1.00 e. The van der Waals surface area contributed by atoms with Gasteiger partial charge in [-0.15, -0.1) is 54.4 Å². The van der Waals surface area contributed by atoms with E-state index < -0.39 is 0 Å². The molecule has 0 saturated heterocycles. The number of aromatic nitrogens is 1. The molecule has 0 atom stereocenters. The van der Waals surface area contributed by atoms with E-state index in [-0.39, 0.29) is 50.7 Å². The van der Waals surface area contributed by atoms with Crippen molar-refractivity contribution in [3.63, 3.8) is 0 Å². The minimum atomic E-state index is 0. The van der Waals surface area contributed by atoms with Crippen LogP contribution in [0.2, 0.25) is 0 Å². The molecule has 4 aromatic rings. The molecular weight excluding hydrogens is 576 g/mol. The summed E-state index contributed by atoms with van der Waals surface area (Å²) < 4.78 is 2.33. The van der Waals surface area contributed by atoms with Crippen LogP contribution < -0.4 is 24.8 Å². The molecule has 0 N–H and O–H groups in total. The summed E-state index contributed by atoms with van der Waals surface area (Å²) >= 11 is 0. The van der Waals surface area contributed by atoms with E-state index in [1.165, 1.54) is 49.8 Å².